The van der Waals surface area contributed by atoms with Crippen molar-refractivity contribution in [2.45, 2.75) is 9.97 Å². The second-order valence-electron chi connectivity index (χ2n) is 4.64. The number of carboxylic acid groups (broad SMARTS) is 1. The van der Waals surface area contributed by atoms with Crippen molar-refractivity contribution in [3.05, 3.63) is 49.1 Å². The van der Waals surface area contributed by atoms with E-state index in [1.165, 1.54) is 12.1 Å². The molecule has 0 aliphatic rings. The number of carbonyl (C=O) groups is 1. The second kappa shape index (κ2) is 10.1. The van der Waals surface area contributed by atoms with Gasteiger partial charge in [0.15, 0.2) is 0 Å². The molecule has 0 radical (unpaired) electrons. The molecule has 0 fully saturated rings. The number of carboxylic acids is 1. The fourth-order valence-electron chi connectivity index (χ4n) is 1.83. The maximum atomic E-state index is 11.1. The minimum absolute atomic E-state index is 0. The van der Waals surface area contributed by atoms with Crippen LogP contribution in [0.5, 0.6) is 17.2 Å². The first-order valence-electron chi connectivity index (χ1n) is 6.36. The number of nitrogens with two attached hydrogens (primary N) is 1. The summed E-state index contributed by atoms with van der Waals surface area (Å²) in [7, 11) is 0. The Kier molecular flexibility index (Phi) is 9.57. The molecule has 0 spiro atoms. The number of hydrogen-bond donors (Lipinski definition) is 2. The molecule has 0 saturated heterocycles. The van der Waals surface area contributed by atoms with Crippen molar-refractivity contribution in [1.82, 2.24) is 0 Å². The summed E-state index contributed by atoms with van der Waals surface area (Å²) in [6.45, 7) is 0. The summed E-state index contributed by atoms with van der Waals surface area (Å²) < 4.78 is 7.14. The summed E-state index contributed by atoms with van der Waals surface area (Å²) in [5.74, 6) is 0.0761. The molecule has 0 bridgehead atoms. The number of ether oxygens (including phenoxy) is 1. The summed E-state index contributed by atoms with van der Waals surface area (Å²) in [4.78, 5) is 11.1. The molecule has 2 atom stereocenters. The third kappa shape index (κ3) is 5.84. The molecule has 5 nitrogen and oxygen atoms in total. The van der Waals surface area contributed by atoms with Gasteiger partial charge in [-0.2, -0.15) is 0 Å². The summed E-state index contributed by atoms with van der Waals surface area (Å²) >= 11 is 6.34. The van der Waals surface area contributed by atoms with E-state index < -0.39 is 12.0 Å². The van der Waals surface area contributed by atoms with Gasteiger partial charge >= 0.3 is 35.5 Å². The first kappa shape index (κ1) is 22.7. The van der Waals surface area contributed by atoms with E-state index in [-0.39, 0.29) is 39.2 Å². The van der Waals surface area contributed by atoms with E-state index in [1.54, 1.807) is 12.1 Å². The Bertz CT molecular complexity index is 704. The summed E-state index contributed by atoms with van der Waals surface area (Å²) in [6.07, 6.45) is 0. The van der Waals surface area contributed by atoms with E-state index in [4.69, 9.17) is 15.6 Å². The average Bonchev–Trinajstić information content (AvgIpc) is 2.48. The Morgan fingerprint density at radius 3 is 2.08 bits per heavy atom. The van der Waals surface area contributed by atoms with Crippen molar-refractivity contribution in [1.29, 1.82) is 0 Å². The van der Waals surface area contributed by atoms with Crippen LogP contribution in [0.4, 0.5) is 0 Å². The topological polar surface area (TPSA) is 95.6 Å². The zero-order valence-electron chi connectivity index (χ0n) is 12.5. The molecule has 2 aromatic rings. The van der Waals surface area contributed by atoms with Crippen molar-refractivity contribution in [2.75, 3.05) is 0 Å². The Balaban J connectivity index is 0.00000288. The summed E-state index contributed by atoms with van der Waals surface area (Å²) in [5.41, 5.74) is 6.61. The van der Waals surface area contributed by atoms with Crippen molar-refractivity contribution in [3.8, 4) is 17.2 Å². The van der Waals surface area contributed by atoms with Crippen molar-refractivity contribution >= 4 is 73.7 Å². The molecule has 122 valence electrons. The largest absolute Gasteiger partial charge is 1.00 e. The zero-order chi connectivity index (χ0) is 17.1. The van der Waals surface area contributed by atoms with Crippen LogP contribution in [0.15, 0.2) is 36.4 Å². The monoisotopic (exact) mass is 673 g/mol. The number of alkyl halides is 1. The van der Waals surface area contributed by atoms with Crippen LogP contribution in [0.25, 0.3) is 0 Å². The summed E-state index contributed by atoms with van der Waals surface area (Å²) in [6, 6.07) is 8.76. The van der Waals surface area contributed by atoms with Crippen LogP contribution >= 0.6 is 67.8 Å². The Morgan fingerprint density at radius 2 is 1.62 bits per heavy atom. The first-order valence-corrected chi connectivity index (χ1v) is 9.76. The molecule has 24 heavy (non-hydrogen) atoms. The molecule has 2 aromatic carbocycles. The molecule has 0 aromatic heterocycles. The van der Waals surface area contributed by atoms with Gasteiger partial charge < -0.3 is 20.7 Å². The first-order chi connectivity index (χ1) is 10.8. The van der Waals surface area contributed by atoms with E-state index in [9.17, 15) is 9.90 Å². The standard InChI is InChI=1S/C15H12I3NO4.Na/c16-10-5-9(23-8-3-1-7(20)2-4-8)6-11(17)12(10)13(18)14(19)15(21)22;/h1-6,13-14,20H,19H2,(H,21,22);/q;+1/p-1/t13?,14-;/m0./s1. The van der Waals surface area contributed by atoms with Gasteiger partial charge in [0.1, 0.15) is 17.5 Å². The van der Waals surface area contributed by atoms with E-state index in [1.807, 2.05) is 34.7 Å². The molecular formula is C15H11I3NNaO4. The van der Waals surface area contributed by atoms with Crippen LogP contribution in [-0.4, -0.2) is 17.1 Å². The van der Waals surface area contributed by atoms with Gasteiger partial charge in [0.25, 0.3) is 0 Å². The zero-order valence-corrected chi connectivity index (χ0v) is 21.0. The predicted octanol–water partition coefficient (Wildman–Crippen LogP) is 0.654. The smallest absolute Gasteiger partial charge is 0.872 e. The van der Waals surface area contributed by atoms with Crippen molar-refractivity contribution in [2.24, 2.45) is 5.73 Å². The average molecular weight is 673 g/mol. The van der Waals surface area contributed by atoms with Crippen LogP contribution in [0.3, 0.4) is 0 Å². The van der Waals surface area contributed by atoms with E-state index in [0.29, 0.717) is 11.5 Å². The van der Waals surface area contributed by atoms with Crippen LogP contribution in [0, 0.1) is 7.14 Å². The molecule has 0 aliphatic carbocycles. The van der Waals surface area contributed by atoms with Crippen LogP contribution < -0.4 is 45.1 Å². The quantitative estimate of drug-likeness (QED) is 0.277. The van der Waals surface area contributed by atoms with Gasteiger partial charge in [-0.25, -0.2) is 0 Å². The third-order valence-corrected chi connectivity index (χ3v) is 6.17. The van der Waals surface area contributed by atoms with Gasteiger partial charge in [-0.1, -0.05) is 34.7 Å². The van der Waals surface area contributed by atoms with Gasteiger partial charge in [0.05, 0.1) is 3.92 Å². The molecule has 3 N–H and O–H groups in total. The molecule has 0 saturated carbocycles. The fourth-order valence-corrected chi connectivity index (χ4v) is 6.38. The number of halogens is 3. The normalized spacial score (nSPS) is 12.8. The molecular weight excluding hydrogens is 662 g/mol. The minimum atomic E-state index is -1.03. The van der Waals surface area contributed by atoms with Crippen molar-refractivity contribution < 1.29 is 49.3 Å². The Hall–Kier alpha value is 0.660. The van der Waals surface area contributed by atoms with E-state index >= 15 is 0 Å². The molecule has 0 aliphatic heterocycles. The number of rotatable bonds is 5. The maximum Gasteiger partial charge on any atom is 1.00 e. The fraction of sp³-hybridized carbons (Fsp3) is 0.133. The van der Waals surface area contributed by atoms with Crippen LogP contribution in [0.2, 0.25) is 0 Å². The molecule has 0 heterocycles. The maximum absolute atomic E-state index is 11.1. The third-order valence-electron chi connectivity index (χ3n) is 2.99. The summed E-state index contributed by atoms with van der Waals surface area (Å²) in [5, 5.41) is 20.2. The van der Waals surface area contributed by atoms with Crippen LogP contribution in [0.1, 0.15) is 9.49 Å². The number of benzene rings is 2. The molecule has 0 amide bonds. The second-order valence-corrected chi connectivity index (χ2v) is 8.31. The van der Waals surface area contributed by atoms with Crippen molar-refractivity contribution in [3.63, 3.8) is 0 Å². The van der Waals surface area contributed by atoms with E-state index in [0.717, 1.165) is 12.7 Å². The Morgan fingerprint density at radius 1 is 1.12 bits per heavy atom. The van der Waals surface area contributed by atoms with Crippen LogP contribution in [-0.2, 0) is 4.79 Å². The minimum Gasteiger partial charge on any atom is -0.872 e. The van der Waals surface area contributed by atoms with E-state index in [2.05, 4.69) is 45.2 Å². The predicted molar refractivity (Wildman–Crippen MR) is 110 cm³/mol. The number of aliphatic carboxylic acids is 1. The SMILES string of the molecule is N[C@H](C(=O)O)C(I)c1c(I)cc(Oc2ccc([O-])cc2)cc1I.[Na+]. The molecule has 2 rings (SSSR count). The molecule has 9 heteroatoms. The van der Waals surface area contributed by atoms with Gasteiger partial charge in [-0.3, -0.25) is 4.79 Å². The Labute approximate surface area is 202 Å². The van der Waals surface area contributed by atoms with Gasteiger partial charge in [-0.15, -0.1) is 5.75 Å². The number of hydrogen-bond acceptors (Lipinski definition) is 4. The van der Waals surface area contributed by atoms with Gasteiger partial charge in [0, 0.05) is 7.14 Å². The molecule has 1 unspecified atom stereocenters. The van der Waals surface area contributed by atoms with Gasteiger partial charge in [-0.05, 0) is 75.0 Å². The van der Waals surface area contributed by atoms with Gasteiger partial charge in [0.2, 0.25) is 0 Å².